The van der Waals surface area contributed by atoms with Crippen molar-refractivity contribution < 1.29 is 28.6 Å². The fraction of sp³-hybridized carbons (Fsp3) is 0.618. The van der Waals surface area contributed by atoms with Gasteiger partial charge in [0.25, 0.3) is 0 Å². The second kappa shape index (κ2) is 48.7. The number of hydrogen-bond acceptors (Lipinski definition) is 6. The smallest absolute Gasteiger partial charge is 0.306 e. The molecule has 6 heteroatoms. The Labute approximate surface area is 374 Å². The number of carbonyl (C=O) groups excluding carboxylic acids is 3. The Bertz CT molecular complexity index is 1290. The standard InChI is InChI=1S/C55H88O6/c1-4-7-10-13-16-19-22-24-25-26-27-28-29-31-33-36-39-42-45-48-54(57)60-51-52(50-59-53(56)47-44-41-38-35-32-21-18-15-12-9-6-3)61-55(58)49-46-43-40-37-34-30-23-20-17-14-11-8-5-2/h7-8,10-11,14-20,23-25,27-28,31,33,52H,4-6,9,12-13,21-22,26,29-30,32,34-51H2,1-3H3/b10-7-,11-8-,17-14-,18-15-,19-16-,23-20-,25-24-,28-27-,33-31-. The molecule has 0 saturated heterocycles. The van der Waals surface area contributed by atoms with Crippen molar-refractivity contribution in [1.82, 2.24) is 0 Å². The minimum Gasteiger partial charge on any atom is -0.462 e. The van der Waals surface area contributed by atoms with Crippen LogP contribution < -0.4 is 0 Å². The third-order valence-corrected chi connectivity index (χ3v) is 9.80. The number of hydrogen-bond donors (Lipinski definition) is 0. The summed E-state index contributed by atoms with van der Waals surface area (Å²) in [6, 6.07) is 0. The summed E-state index contributed by atoms with van der Waals surface area (Å²) in [7, 11) is 0. The summed E-state index contributed by atoms with van der Waals surface area (Å²) < 4.78 is 16.7. The molecule has 0 spiro atoms. The van der Waals surface area contributed by atoms with Crippen LogP contribution in [0.2, 0.25) is 0 Å². The summed E-state index contributed by atoms with van der Waals surface area (Å²) in [5.74, 6) is -0.977. The molecule has 0 fully saturated rings. The lowest BCUT2D eigenvalue weighted by Gasteiger charge is -2.18. The van der Waals surface area contributed by atoms with E-state index in [9.17, 15) is 14.4 Å². The average molecular weight is 845 g/mol. The van der Waals surface area contributed by atoms with E-state index in [1.54, 1.807) is 0 Å². The van der Waals surface area contributed by atoms with Gasteiger partial charge in [0.1, 0.15) is 13.2 Å². The topological polar surface area (TPSA) is 78.9 Å². The molecule has 0 aromatic heterocycles. The van der Waals surface area contributed by atoms with Crippen LogP contribution in [0, 0.1) is 0 Å². The fourth-order valence-corrected chi connectivity index (χ4v) is 6.15. The van der Waals surface area contributed by atoms with Crippen molar-refractivity contribution in [2.24, 2.45) is 0 Å². The van der Waals surface area contributed by atoms with Gasteiger partial charge in [-0.05, 0) is 103 Å². The maximum Gasteiger partial charge on any atom is 0.306 e. The number of esters is 3. The number of ether oxygens (including phenoxy) is 3. The number of carbonyl (C=O) groups is 3. The second-order valence-corrected chi connectivity index (χ2v) is 15.7. The molecule has 0 amide bonds. The monoisotopic (exact) mass is 845 g/mol. The summed E-state index contributed by atoms with van der Waals surface area (Å²) >= 11 is 0. The predicted molar refractivity (Wildman–Crippen MR) is 260 cm³/mol. The Morgan fingerprint density at radius 3 is 1.21 bits per heavy atom. The quantitative estimate of drug-likeness (QED) is 0.0200. The largest absolute Gasteiger partial charge is 0.462 e. The van der Waals surface area contributed by atoms with E-state index in [0.29, 0.717) is 19.3 Å². The Balaban J connectivity index is 4.48. The van der Waals surface area contributed by atoms with Gasteiger partial charge in [-0.2, -0.15) is 0 Å². The normalized spacial score (nSPS) is 13.0. The van der Waals surface area contributed by atoms with Gasteiger partial charge in [0.05, 0.1) is 0 Å². The molecule has 344 valence electrons. The SMILES string of the molecule is CC\C=C/C=C\C=C/CCCCCCCC(=O)OC(COC(=O)CCCCC/C=C\C/C=C\C/C=C\C/C=C\C/C=C\CC)COC(=O)CCCCCCC/C=C\CCCC. The van der Waals surface area contributed by atoms with E-state index in [-0.39, 0.29) is 31.1 Å². The molecule has 6 nitrogen and oxygen atoms in total. The molecular formula is C55H88O6. The Kier molecular flexibility index (Phi) is 45.6. The molecule has 0 rings (SSSR count). The second-order valence-electron chi connectivity index (χ2n) is 15.7. The van der Waals surface area contributed by atoms with Gasteiger partial charge in [0, 0.05) is 19.3 Å². The number of rotatable bonds is 42. The summed E-state index contributed by atoms with van der Waals surface area (Å²) in [5, 5.41) is 0. The van der Waals surface area contributed by atoms with E-state index in [4.69, 9.17) is 14.2 Å². The van der Waals surface area contributed by atoms with E-state index in [2.05, 4.69) is 124 Å². The van der Waals surface area contributed by atoms with Gasteiger partial charge in [-0.25, -0.2) is 0 Å². The zero-order chi connectivity index (χ0) is 44.4. The minimum atomic E-state index is -0.806. The Morgan fingerprint density at radius 2 is 0.721 bits per heavy atom. The molecule has 0 aromatic carbocycles. The first-order chi connectivity index (χ1) is 30.0. The molecule has 0 aliphatic carbocycles. The molecule has 0 bridgehead atoms. The molecule has 1 atom stereocenters. The van der Waals surface area contributed by atoms with Crippen LogP contribution in [-0.4, -0.2) is 37.2 Å². The zero-order valence-electron chi connectivity index (χ0n) is 39.1. The highest BCUT2D eigenvalue weighted by molar-refractivity contribution is 5.71. The molecule has 0 N–H and O–H groups in total. The van der Waals surface area contributed by atoms with Crippen molar-refractivity contribution in [2.45, 2.75) is 207 Å². The molecular weight excluding hydrogens is 757 g/mol. The van der Waals surface area contributed by atoms with E-state index >= 15 is 0 Å². The fourth-order valence-electron chi connectivity index (χ4n) is 6.15. The lowest BCUT2D eigenvalue weighted by molar-refractivity contribution is -0.167. The van der Waals surface area contributed by atoms with E-state index in [0.717, 1.165) is 135 Å². The third-order valence-electron chi connectivity index (χ3n) is 9.80. The summed E-state index contributed by atoms with van der Waals surface area (Å²) in [5.41, 5.74) is 0. The molecule has 1 unspecified atom stereocenters. The highest BCUT2D eigenvalue weighted by atomic mass is 16.6. The van der Waals surface area contributed by atoms with Gasteiger partial charge in [-0.3, -0.25) is 14.4 Å². The van der Waals surface area contributed by atoms with Crippen molar-refractivity contribution in [2.75, 3.05) is 13.2 Å². The first-order valence-electron chi connectivity index (χ1n) is 24.4. The van der Waals surface area contributed by atoms with E-state index in [1.165, 1.54) is 25.7 Å². The molecule has 61 heavy (non-hydrogen) atoms. The van der Waals surface area contributed by atoms with Crippen LogP contribution in [0.4, 0.5) is 0 Å². The first-order valence-corrected chi connectivity index (χ1v) is 24.4. The molecule has 0 saturated carbocycles. The van der Waals surface area contributed by atoms with Gasteiger partial charge >= 0.3 is 17.9 Å². The van der Waals surface area contributed by atoms with Crippen molar-refractivity contribution in [1.29, 1.82) is 0 Å². The van der Waals surface area contributed by atoms with E-state index < -0.39 is 6.10 Å². The summed E-state index contributed by atoms with van der Waals surface area (Å²) in [6.07, 6.45) is 65.0. The van der Waals surface area contributed by atoms with Gasteiger partial charge in [0.2, 0.25) is 0 Å². The maximum absolute atomic E-state index is 12.7. The lowest BCUT2D eigenvalue weighted by atomic mass is 10.1. The Hall–Kier alpha value is -3.93. The number of unbranched alkanes of at least 4 members (excludes halogenated alkanes) is 15. The van der Waals surface area contributed by atoms with Crippen LogP contribution in [0.1, 0.15) is 201 Å². The Morgan fingerprint density at radius 1 is 0.361 bits per heavy atom. The van der Waals surface area contributed by atoms with Gasteiger partial charge in [-0.15, -0.1) is 0 Å². The van der Waals surface area contributed by atoms with Crippen molar-refractivity contribution in [3.8, 4) is 0 Å². The van der Waals surface area contributed by atoms with Crippen LogP contribution in [-0.2, 0) is 28.6 Å². The van der Waals surface area contributed by atoms with Crippen LogP contribution in [0.25, 0.3) is 0 Å². The van der Waals surface area contributed by atoms with Crippen LogP contribution in [0.3, 0.4) is 0 Å². The zero-order valence-corrected chi connectivity index (χ0v) is 39.1. The maximum atomic E-state index is 12.7. The average Bonchev–Trinajstić information content (AvgIpc) is 3.26. The molecule has 0 aliphatic heterocycles. The molecule has 0 aliphatic rings. The lowest BCUT2D eigenvalue weighted by Crippen LogP contribution is -2.30. The highest BCUT2D eigenvalue weighted by Gasteiger charge is 2.19. The van der Waals surface area contributed by atoms with Gasteiger partial charge in [-0.1, -0.05) is 188 Å². The highest BCUT2D eigenvalue weighted by Crippen LogP contribution is 2.12. The summed E-state index contributed by atoms with van der Waals surface area (Å²) in [6.45, 7) is 6.27. The first kappa shape index (κ1) is 57.1. The van der Waals surface area contributed by atoms with Gasteiger partial charge < -0.3 is 14.2 Å². The van der Waals surface area contributed by atoms with Crippen LogP contribution in [0.15, 0.2) is 109 Å². The molecule has 0 radical (unpaired) electrons. The summed E-state index contributed by atoms with van der Waals surface area (Å²) in [4.78, 5) is 37.9. The molecule has 0 heterocycles. The minimum absolute atomic E-state index is 0.104. The number of allylic oxidation sites excluding steroid dienone is 18. The predicted octanol–water partition coefficient (Wildman–Crippen LogP) is 16.0. The molecule has 0 aromatic rings. The van der Waals surface area contributed by atoms with Gasteiger partial charge in [0.15, 0.2) is 6.10 Å². The van der Waals surface area contributed by atoms with Crippen molar-refractivity contribution >= 4 is 17.9 Å². The van der Waals surface area contributed by atoms with Crippen molar-refractivity contribution in [3.05, 3.63) is 109 Å². The van der Waals surface area contributed by atoms with Crippen LogP contribution >= 0.6 is 0 Å². The van der Waals surface area contributed by atoms with E-state index in [1.807, 2.05) is 6.08 Å². The third kappa shape index (κ3) is 47.0. The van der Waals surface area contributed by atoms with Crippen molar-refractivity contribution in [3.63, 3.8) is 0 Å². The van der Waals surface area contributed by atoms with Crippen LogP contribution in [0.5, 0.6) is 0 Å².